The van der Waals surface area contributed by atoms with E-state index in [-0.39, 0.29) is 12.0 Å². The molecule has 1 heterocycles. The average molecular weight is 444 g/mol. The summed E-state index contributed by atoms with van der Waals surface area (Å²) in [5.74, 6) is -0.0978. The lowest BCUT2D eigenvalue weighted by atomic mass is 10.1. The van der Waals surface area contributed by atoms with Gasteiger partial charge in [0.15, 0.2) is 0 Å². The highest BCUT2D eigenvalue weighted by atomic mass is 16.3. The number of hydrogen-bond donors (Lipinski definition) is 3. The van der Waals surface area contributed by atoms with Crippen LogP contribution >= 0.6 is 0 Å². The van der Waals surface area contributed by atoms with Crippen LogP contribution in [0.15, 0.2) is 66.7 Å². The lowest BCUT2D eigenvalue weighted by molar-refractivity contribution is 0.0792. The molecule has 33 heavy (non-hydrogen) atoms. The number of nitrogens with one attached hydrogen (secondary N) is 2. The number of aryl methyl sites for hydroxylation is 1. The van der Waals surface area contributed by atoms with Gasteiger partial charge in [0.1, 0.15) is 0 Å². The molecule has 1 aliphatic rings. The van der Waals surface area contributed by atoms with Crippen molar-refractivity contribution in [3.63, 3.8) is 0 Å². The molecule has 1 amide bonds. The van der Waals surface area contributed by atoms with Gasteiger partial charge in [0.25, 0.3) is 5.91 Å². The Balaban J connectivity index is 1.36. The highest BCUT2D eigenvalue weighted by molar-refractivity contribution is 6.00. The molecule has 0 unspecified atom stereocenters. The number of aliphatic hydroxyl groups excluding tert-OH is 1. The average Bonchev–Trinajstić information content (AvgIpc) is 2.83. The van der Waals surface area contributed by atoms with Gasteiger partial charge in [-0.2, -0.15) is 0 Å². The smallest absolute Gasteiger partial charge is 0.253 e. The maximum Gasteiger partial charge on any atom is 0.253 e. The number of amides is 1. The van der Waals surface area contributed by atoms with Gasteiger partial charge >= 0.3 is 0 Å². The molecule has 3 aromatic rings. The number of nitrogens with zero attached hydrogens (tertiary/aromatic N) is 1. The van der Waals surface area contributed by atoms with Crippen LogP contribution in [-0.2, 0) is 13.1 Å². The Hall–Kier alpha value is -3.15. The molecule has 0 bridgehead atoms. The van der Waals surface area contributed by atoms with Crippen molar-refractivity contribution < 1.29 is 9.90 Å². The van der Waals surface area contributed by atoms with Gasteiger partial charge < -0.3 is 15.7 Å². The van der Waals surface area contributed by atoms with Crippen LogP contribution in [0, 0.1) is 13.8 Å². The zero-order valence-electron chi connectivity index (χ0n) is 19.5. The van der Waals surface area contributed by atoms with Gasteiger partial charge in [0.05, 0.1) is 17.4 Å². The highest BCUT2D eigenvalue weighted by Crippen LogP contribution is 2.25. The number of anilines is 2. The summed E-state index contributed by atoms with van der Waals surface area (Å²) in [5.41, 5.74) is 7.14. The van der Waals surface area contributed by atoms with Crippen molar-refractivity contribution >= 4 is 17.3 Å². The number of likely N-dealkylation sites (tertiary alicyclic amines) is 1. The summed E-state index contributed by atoms with van der Waals surface area (Å²) in [6.07, 6.45) is 1.56. The minimum Gasteiger partial charge on any atom is -0.393 e. The van der Waals surface area contributed by atoms with E-state index in [4.69, 9.17) is 0 Å². The number of carbonyl (C=O) groups excluding carboxylic acids is 1. The Morgan fingerprint density at radius 1 is 0.909 bits per heavy atom. The van der Waals surface area contributed by atoms with E-state index in [2.05, 4.69) is 59.7 Å². The largest absolute Gasteiger partial charge is 0.393 e. The van der Waals surface area contributed by atoms with Gasteiger partial charge in [-0.15, -0.1) is 0 Å². The zero-order chi connectivity index (χ0) is 23.2. The molecule has 1 aliphatic heterocycles. The summed E-state index contributed by atoms with van der Waals surface area (Å²) < 4.78 is 0. The predicted molar refractivity (Wildman–Crippen MR) is 134 cm³/mol. The third-order valence-electron chi connectivity index (χ3n) is 6.48. The lowest BCUT2D eigenvalue weighted by Crippen LogP contribution is -2.35. The lowest BCUT2D eigenvalue weighted by Gasteiger charge is -2.29. The second-order valence-electron chi connectivity index (χ2n) is 8.92. The summed E-state index contributed by atoms with van der Waals surface area (Å²) in [5, 5.41) is 16.1. The van der Waals surface area contributed by atoms with Crippen LogP contribution in [-0.4, -0.2) is 35.1 Å². The molecule has 5 heteroatoms. The number of para-hydroxylation sites is 1. The van der Waals surface area contributed by atoms with Gasteiger partial charge in [0, 0.05) is 31.9 Å². The van der Waals surface area contributed by atoms with E-state index in [9.17, 15) is 9.90 Å². The number of piperidine rings is 1. The molecule has 3 N–H and O–H groups in total. The monoisotopic (exact) mass is 443 g/mol. The van der Waals surface area contributed by atoms with Crippen LogP contribution in [0.3, 0.4) is 0 Å². The molecular formula is C28H33N3O2. The number of aliphatic hydroxyl groups is 1. The van der Waals surface area contributed by atoms with E-state index in [1.807, 2.05) is 36.4 Å². The molecule has 3 aromatic carbocycles. The second kappa shape index (κ2) is 10.6. The number of carbonyl (C=O) groups is 1. The first-order chi connectivity index (χ1) is 16.0. The first-order valence-corrected chi connectivity index (χ1v) is 11.7. The Morgan fingerprint density at radius 2 is 1.58 bits per heavy atom. The number of benzene rings is 3. The second-order valence-corrected chi connectivity index (χ2v) is 8.92. The van der Waals surface area contributed by atoms with E-state index in [0.29, 0.717) is 12.1 Å². The Bertz CT molecular complexity index is 1090. The summed E-state index contributed by atoms with van der Waals surface area (Å²) in [6.45, 7) is 7.42. The van der Waals surface area contributed by atoms with Crippen LogP contribution in [0.2, 0.25) is 0 Å². The van der Waals surface area contributed by atoms with Gasteiger partial charge in [-0.1, -0.05) is 48.5 Å². The molecule has 1 fully saturated rings. The van der Waals surface area contributed by atoms with E-state index < -0.39 is 0 Å². The standard InChI is InChI=1S/C28H33N3O2/c1-20-6-5-9-26(21(20)2)30-27-8-4-3-7-25(27)28(33)29-18-22-10-12-23(13-11-22)19-31-16-14-24(32)15-17-31/h3-13,24,30,32H,14-19H2,1-2H3,(H,29,33). The molecule has 0 aromatic heterocycles. The summed E-state index contributed by atoms with van der Waals surface area (Å²) >= 11 is 0. The van der Waals surface area contributed by atoms with Crippen LogP contribution in [0.1, 0.15) is 45.5 Å². The fourth-order valence-electron chi connectivity index (χ4n) is 4.20. The van der Waals surface area contributed by atoms with Crippen LogP contribution < -0.4 is 10.6 Å². The summed E-state index contributed by atoms with van der Waals surface area (Å²) in [6, 6.07) is 22.2. The minimum absolute atomic E-state index is 0.0978. The third kappa shape index (κ3) is 6.01. The minimum atomic E-state index is -0.145. The number of hydrogen-bond acceptors (Lipinski definition) is 4. The van der Waals surface area contributed by atoms with Crippen molar-refractivity contribution in [2.75, 3.05) is 18.4 Å². The summed E-state index contributed by atoms with van der Waals surface area (Å²) in [4.78, 5) is 15.3. The van der Waals surface area contributed by atoms with Crippen molar-refractivity contribution in [3.05, 3.63) is 94.5 Å². The van der Waals surface area contributed by atoms with Crippen molar-refractivity contribution in [2.24, 2.45) is 0 Å². The fraction of sp³-hybridized carbons (Fsp3) is 0.321. The molecular weight excluding hydrogens is 410 g/mol. The summed E-state index contributed by atoms with van der Waals surface area (Å²) in [7, 11) is 0. The topological polar surface area (TPSA) is 64.6 Å². The van der Waals surface area contributed by atoms with Gasteiger partial charge in [0.2, 0.25) is 0 Å². The molecule has 0 spiro atoms. The van der Waals surface area contributed by atoms with Crippen LogP contribution in [0.4, 0.5) is 11.4 Å². The first-order valence-electron chi connectivity index (χ1n) is 11.7. The normalized spacial score (nSPS) is 14.8. The third-order valence-corrected chi connectivity index (χ3v) is 6.48. The van der Waals surface area contributed by atoms with Crippen molar-refractivity contribution in [1.29, 1.82) is 0 Å². The van der Waals surface area contributed by atoms with Crippen LogP contribution in [0.5, 0.6) is 0 Å². The van der Waals surface area contributed by atoms with Gasteiger partial charge in [-0.3, -0.25) is 9.69 Å². The van der Waals surface area contributed by atoms with Gasteiger partial charge in [-0.05, 0) is 67.1 Å². The van der Waals surface area contributed by atoms with E-state index in [1.54, 1.807) is 0 Å². The van der Waals surface area contributed by atoms with Crippen molar-refractivity contribution in [1.82, 2.24) is 10.2 Å². The van der Waals surface area contributed by atoms with Crippen LogP contribution in [0.25, 0.3) is 0 Å². The molecule has 172 valence electrons. The Labute approximate surface area is 196 Å². The molecule has 0 atom stereocenters. The van der Waals surface area contributed by atoms with Gasteiger partial charge in [-0.25, -0.2) is 0 Å². The molecule has 0 aliphatic carbocycles. The first kappa shape index (κ1) is 23.0. The molecule has 0 radical (unpaired) electrons. The maximum atomic E-state index is 13.0. The van der Waals surface area contributed by atoms with E-state index in [0.717, 1.165) is 49.4 Å². The Kier molecular flexibility index (Phi) is 7.43. The SMILES string of the molecule is Cc1cccc(Nc2ccccc2C(=O)NCc2ccc(CN3CCC(O)CC3)cc2)c1C. The molecule has 0 saturated carbocycles. The molecule has 4 rings (SSSR count). The quantitative estimate of drug-likeness (QED) is 0.484. The number of rotatable bonds is 7. The predicted octanol–water partition coefficient (Wildman–Crippen LogP) is 4.93. The maximum absolute atomic E-state index is 13.0. The van der Waals surface area contributed by atoms with Crippen molar-refractivity contribution in [3.8, 4) is 0 Å². The molecule has 1 saturated heterocycles. The molecule has 5 nitrogen and oxygen atoms in total. The van der Waals surface area contributed by atoms with E-state index in [1.165, 1.54) is 16.7 Å². The fourth-order valence-corrected chi connectivity index (χ4v) is 4.20. The van der Waals surface area contributed by atoms with Crippen molar-refractivity contribution in [2.45, 2.75) is 45.9 Å². The van der Waals surface area contributed by atoms with E-state index >= 15 is 0 Å². The highest BCUT2D eigenvalue weighted by Gasteiger charge is 2.17. The Morgan fingerprint density at radius 3 is 2.33 bits per heavy atom. The zero-order valence-corrected chi connectivity index (χ0v) is 19.5.